The maximum Gasteiger partial charge on any atom is 0.328 e. The van der Waals surface area contributed by atoms with Gasteiger partial charge in [-0.05, 0) is 18.1 Å². The van der Waals surface area contributed by atoms with Gasteiger partial charge in [-0.1, -0.05) is 60.7 Å². The van der Waals surface area contributed by atoms with Gasteiger partial charge in [0.25, 0.3) is 0 Å². The molecule has 116 valence electrons. The number of hydrogen-bond donors (Lipinski definition) is 1. The summed E-state index contributed by atoms with van der Waals surface area (Å²) in [6.07, 6.45) is 0. The van der Waals surface area contributed by atoms with Crippen LogP contribution in [0.5, 0.6) is 0 Å². The van der Waals surface area contributed by atoms with Crippen molar-refractivity contribution < 1.29 is 14.3 Å². The van der Waals surface area contributed by atoms with Gasteiger partial charge in [-0.2, -0.15) is 0 Å². The molecule has 0 radical (unpaired) electrons. The molecule has 2 aromatic rings. The van der Waals surface area contributed by atoms with E-state index in [9.17, 15) is 4.79 Å². The van der Waals surface area contributed by atoms with E-state index in [1.165, 1.54) is 0 Å². The van der Waals surface area contributed by atoms with Crippen LogP contribution in [0, 0.1) is 0 Å². The third-order valence-electron chi connectivity index (χ3n) is 3.19. The van der Waals surface area contributed by atoms with E-state index in [1.54, 1.807) is 6.92 Å². The standard InChI is InChI=1S/C18H21NO3/c1-18(19,14-21-12-15-8-4-2-5-9-15)17(20)22-13-16-10-6-3-7-11-16/h2-11H,12-14,19H2,1H3/t18-/m0/s1. The second-order valence-electron chi connectivity index (χ2n) is 5.46. The Morgan fingerprint density at radius 1 is 0.955 bits per heavy atom. The average Bonchev–Trinajstić information content (AvgIpc) is 2.54. The van der Waals surface area contributed by atoms with Crippen molar-refractivity contribution in [2.45, 2.75) is 25.7 Å². The first-order valence-electron chi connectivity index (χ1n) is 7.19. The Hall–Kier alpha value is -2.17. The number of rotatable bonds is 7. The van der Waals surface area contributed by atoms with E-state index in [4.69, 9.17) is 15.2 Å². The smallest absolute Gasteiger partial charge is 0.328 e. The third-order valence-corrected chi connectivity index (χ3v) is 3.19. The SMILES string of the molecule is C[C@](N)(COCc1ccccc1)C(=O)OCc1ccccc1. The van der Waals surface area contributed by atoms with Crippen molar-refractivity contribution in [3.8, 4) is 0 Å². The zero-order valence-corrected chi connectivity index (χ0v) is 12.7. The fraction of sp³-hybridized carbons (Fsp3) is 0.278. The fourth-order valence-electron chi connectivity index (χ4n) is 1.90. The van der Waals surface area contributed by atoms with Crippen LogP contribution in [0.2, 0.25) is 0 Å². The maximum absolute atomic E-state index is 12.1. The van der Waals surface area contributed by atoms with Gasteiger partial charge >= 0.3 is 5.97 Å². The minimum atomic E-state index is -1.16. The van der Waals surface area contributed by atoms with Crippen molar-refractivity contribution in [3.05, 3.63) is 71.8 Å². The van der Waals surface area contributed by atoms with Gasteiger partial charge in [0.1, 0.15) is 12.1 Å². The summed E-state index contributed by atoms with van der Waals surface area (Å²) >= 11 is 0. The molecule has 0 saturated heterocycles. The fourth-order valence-corrected chi connectivity index (χ4v) is 1.90. The molecule has 0 aliphatic heterocycles. The highest BCUT2D eigenvalue weighted by Crippen LogP contribution is 2.09. The van der Waals surface area contributed by atoms with Crippen LogP contribution in [0.15, 0.2) is 60.7 Å². The number of esters is 1. The van der Waals surface area contributed by atoms with Crippen molar-refractivity contribution in [1.29, 1.82) is 0 Å². The van der Waals surface area contributed by atoms with Crippen LogP contribution in [-0.2, 0) is 27.5 Å². The molecule has 2 aromatic carbocycles. The lowest BCUT2D eigenvalue weighted by Crippen LogP contribution is -2.50. The molecule has 0 fully saturated rings. The molecule has 0 spiro atoms. The first-order chi connectivity index (χ1) is 10.6. The average molecular weight is 299 g/mol. The lowest BCUT2D eigenvalue weighted by Gasteiger charge is -2.22. The van der Waals surface area contributed by atoms with E-state index in [0.717, 1.165) is 11.1 Å². The molecule has 0 unspecified atom stereocenters. The molecule has 4 nitrogen and oxygen atoms in total. The monoisotopic (exact) mass is 299 g/mol. The second kappa shape index (κ2) is 7.73. The lowest BCUT2D eigenvalue weighted by atomic mass is 10.1. The van der Waals surface area contributed by atoms with E-state index in [2.05, 4.69) is 0 Å². The molecule has 0 bridgehead atoms. The molecule has 0 aliphatic rings. The molecule has 0 saturated carbocycles. The van der Waals surface area contributed by atoms with Crippen molar-refractivity contribution >= 4 is 5.97 Å². The maximum atomic E-state index is 12.1. The van der Waals surface area contributed by atoms with Gasteiger partial charge in [-0.25, -0.2) is 4.79 Å². The van der Waals surface area contributed by atoms with Crippen LogP contribution in [0.25, 0.3) is 0 Å². The summed E-state index contributed by atoms with van der Waals surface area (Å²) in [4.78, 5) is 12.1. The predicted molar refractivity (Wildman–Crippen MR) is 84.9 cm³/mol. The Bertz CT molecular complexity index is 582. The van der Waals surface area contributed by atoms with Crippen molar-refractivity contribution in [1.82, 2.24) is 0 Å². The van der Waals surface area contributed by atoms with Gasteiger partial charge in [0.2, 0.25) is 0 Å². The summed E-state index contributed by atoms with van der Waals surface area (Å²) in [6.45, 7) is 2.35. The first-order valence-corrected chi connectivity index (χ1v) is 7.19. The normalized spacial score (nSPS) is 13.4. The van der Waals surface area contributed by atoms with Crippen LogP contribution < -0.4 is 5.73 Å². The van der Waals surface area contributed by atoms with Gasteiger partial charge in [-0.3, -0.25) is 0 Å². The predicted octanol–water partition coefficient (Wildman–Crippen LogP) is 2.66. The van der Waals surface area contributed by atoms with Crippen LogP contribution in [0.1, 0.15) is 18.1 Å². The number of benzene rings is 2. The van der Waals surface area contributed by atoms with Crippen LogP contribution in [0.4, 0.5) is 0 Å². The highest BCUT2D eigenvalue weighted by molar-refractivity contribution is 5.80. The molecule has 1 atom stereocenters. The molecule has 22 heavy (non-hydrogen) atoms. The Morgan fingerprint density at radius 2 is 1.45 bits per heavy atom. The van der Waals surface area contributed by atoms with E-state index in [-0.39, 0.29) is 13.2 Å². The van der Waals surface area contributed by atoms with Gasteiger partial charge in [-0.15, -0.1) is 0 Å². The molecular weight excluding hydrogens is 278 g/mol. The largest absolute Gasteiger partial charge is 0.459 e. The highest BCUT2D eigenvalue weighted by atomic mass is 16.5. The molecule has 0 amide bonds. The second-order valence-corrected chi connectivity index (χ2v) is 5.46. The first kappa shape index (κ1) is 16.2. The number of hydrogen-bond acceptors (Lipinski definition) is 4. The number of nitrogens with two attached hydrogens (primary N) is 1. The summed E-state index contributed by atoms with van der Waals surface area (Å²) in [6, 6.07) is 19.2. The van der Waals surface area contributed by atoms with Crippen molar-refractivity contribution in [3.63, 3.8) is 0 Å². The molecule has 0 aromatic heterocycles. The van der Waals surface area contributed by atoms with E-state index in [1.807, 2.05) is 60.7 Å². The van der Waals surface area contributed by atoms with E-state index >= 15 is 0 Å². The number of carbonyl (C=O) groups is 1. The minimum absolute atomic E-state index is 0.107. The Kier molecular flexibility index (Phi) is 5.69. The molecule has 0 heterocycles. The lowest BCUT2D eigenvalue weighted by molar-refractivity contribution is -0.153. The summed E-state index contributed by atoms with van der Waals surface area (Å²) in [5, 5.41) is 0. The molecular formula is C18H21NO3. The quantitative estimate of drug-likeness (QED) is 0.798. The van der Waals surface area contributed by atoms with Gasteiger partial charge < -0.3 is 15.2 Å². The Morgan fingerprint density at radius 3 is 2.00 bits per heavy atom. The van der Waals surface area contributed by atoms with Crippen LogP contribution in [-0.4, -0.2) is 18.1 Å². The molecule has 2 rings (SSSR count). The van der Waals surface area contributed by atoms with Crippen LogP contribution in [0.3, 0.4) is 0 Å². The molecule has 2 N–H and O–H groups in total. The summed E-state index contributed by atoms with van der Waals surface area (Å²) in [5.41, 5.74) is 6.79. The van der Waals surface area contributed by atoms with Gasteiger partial charge in [0.05, 0.1) is 13.2 Å². The number of carbonyl (C=O) groups excluding carboxylic acids is 1. The van der Waals surface area contributed by atoms with Gasteiger partial charge in [0, 0.05) is 0 Å². The zero-order valence-electron chi connectivity index (χ0n) is 12.7. The Labute approximate surface area is 130 Å². The summed E-state index contributed by atoms with van der Waals surface area (Å²) < 4.78 is 10.8. The van der Waals surface area contributed by atoms with Crippen LogP contribution >= 0.6 is 0 Å². The van der Waals surface area contributed by atoms with Crippen molar-refractivity contribution in [2.24, 2.45) is 5.73 Å². The number of ether oxygens (including phenoxy) is 2. The molecule has 4 heteroatoms. The topological polar surface area (TPSA) is 61.5 Å². The minimum Gasteiger partial charge on any atom is -0.459 e. The van der Waals surface area contributed by atoms with E-state index in [0.29, 0.717) is 6.61 Å². The zero-order chi connectivity index (χ0) is 15.8. The Balaban J connectivity index is 1.77. The third kappa shape index (κ3) is 4.98. The van der Waals surface area contributed by atoms with Gasteiger partial charge in [0.15, 0.2) is 0 Å². The summed E-state index contributed by atoms with van der Waals surface area (Å²) in [5.74, 6) is -0.468. The van der Waals surface area contributed by atoms with E-state index < -0.39 is 11.5 Å². The van der Waals surface area contributed by atoms with Crippen molar-refractivity contribution in [2.75, 3.05) is 6.61 Å². The summed E-state index contributed by atoms with van der Waals surface area (Å²) in [7, 11) is 0. The molecule has 0 aliphatic carbocycles. The highest BCUT2D eigenvalue weighted by Gasteiger charge is 2.30.